The zero-order valence-electron chi connectivity index (χ0n) is 16.1. The highest BCUT2D eigenvalue weighted by atomic mass is 35.5. The maximum Gasteiger partial charge on any atom is 0.121 e. The third-order valence-electron chi connectivity index (χ3n) is 4.46. The Hall–Kier alpha value is -1.56. The number of pyridine rings is 1. The second kappa shape index (κ2) is 11.9. The van der Waals surface area contributed by atoms with Crippen LogP contribution in [0, 0.1) is 0 Å². The van der Waals surface area contributed by atoms with Gasteiger partial charge in [0.05, 0.1) is 18.3 Å². The van der Waals surface area contributed by atoms with Crippen LogP contribution in [0.4, 0.5) is 5.69 Å². The van der Waals surface area contributed by atoms with Crippen LogP contribution >= 0.6 is 12.4 Å². The lowest BCUT2D eigenvalue weighted by molar-refractivity contribution is 0.415. The Morgan fingerprint density at radius 3 is 2.65 bits per heavy atom. The number of nitrogens with zero attached hydrogens (tertiary/aromatic N) is 1. The van der Waals surface area contributed by atoms with Crippen LogP contribution in [0.15, 0.2) is 30.5 Å². The van der Waals surface area contributed by atoms with Gasteiger partial charge in [0.15, 0.2) is 0 Å². The van der Waals surface area contributed by atoms with E-state index in [9.17, 15) is 0 Å². The minimum Gasteiger partial charge on any atom is -0.497 e. The van der Waals surface area contributed by atoms with Gasteiger partial charge in [0.1, 0.15) is 5.75 Å². The Morgan fingerprint density at radius 2 is 1.92 bits per heavy atom. The van der Waals surface area contributed by atoms with Crippen molar-refractivity contribution < 1.29 is 4.74 Å². The summed E-state index contributed by atoms with van der Waals surface area (Å²) >= 11 is 0. The van der Waals surface area contributed by atoms with Gasteiger partial charge < -0.3 is 21.1 Å². The Morgan fingerprint density at radius 1 is 1.15 bits per heavy atom. The zero-order chi connectivity index (χ0) is 18.1. The van der Waals surface area contributed by atoms with Crippen molar-refractivity contribution in [2.75, 3.05) is 25.5 Å². The number of fused-ring (bicyclic) bond motifs is 1. The third-order valence-corrected chi connectivity index (χ3v) is 4.46. The molecule has 6 heteroatoms. The van der Waals surface area contributed by atoms with Gasteiger partial charge in [-0.15, -0.1) is 12.4 Å². The van der Waals surface area contributed by atoms with E-state index >= 15 is 0 Å². The van der Waals surface area contributed by atoms with Crippen molar-refractivity contribution in [3.63, 3.8) is 0 Å². The van der Waals surface area contributed by atoms with E-state index < -0.39 is 0 Å². The molecule has 2 rings (SSSR count). The Bertz CT molecular complexity index is 653. The van der Waals surface area contributed by atoms with Crippen LogP contribution in [0.25, 0.3) is 10.9 Å². The number of nitrogens with two attached hydrogens (primary N) is 1. The van der Waals surface area contributed by atoms with Crippen LogP contribution in [-0.2, 0) is 0 Å². The topological polar surface area (TPSA) is 72.2 Å². The van der Waals surface area contributed by atoms with Crippen LogP contribution in [0.5, 0.6) is 5.75 Å². The maximum atomic E-state index is 5.55. The lowest BCUT2D eigenvalue weighted by Gasteiger charge is -2.18. The molecule has 1 aromatic carbocycles. The predicted molar refractivity (Wildman–Crippen MR) is 114 cm³/mol. The molecular formula is C20H33ClN4O. The summed E-state index contributed by atoms with van der Waals surface area (Å²) in [6.45, 7) is 6.25. The average molecular weight is 381 g/mol. The van der Waals surface area contributed by atoms with Gasteiger partial charge >= 0.3 is 0 Å². The molecule has 2 atom stereocenters. The van der Waals surface area contributed by atoms with Gasteiger partial charge in [0.2, 0.25) is 0 Å². The summed E-state index contributed by atoms with van der Waals surface area (Å²) in [6, 6.07) is 8.97. The molecule has 0 fully saturated rings. The van der Waals surface area contributed by atoms with Crippen LogP contribution in [0.1, 0.15) is 39.5 Å². The zero-order valence-corrected chi connectivity index (χ0v) is 16.9. The van der Waals surface area contributed by atoms with Gasteiger partial charge in [-0.1, -0.05) is 6.07 Å². The number of ether oxygens (including phenoxy) is 1. The Balaban J connectivity index is 0.00000338. The van der Waals surface area contributed by atoms with E-state index in [2.05, 4.69) is 35.5 Å². The molecule has 0 saturated heterocycles. The summed E-state index contributed by atoms with van der Waals surface area (Å²) in [4.78, 5) is 4.52. The van der Waals surface area contributed by atoms with Gasteiger partial charge in [-0.2, -0.15) is 0 Å². The lowest BCUT2D eigenvalue weighted by atomic mass is 10.1. The normalized spacial score (nSPS) is 13.1. The van der Waals surface area contributed by atoms with Crippen molar-refractivity contribution >= 4 is 29.0 Å². The molecule has 2 aromatic rings. The van der Waals surface area contributed by atoms with E-state index in [1.165, 1.54) is 0 Å². The molecule has 26 heavy (non-hydrogen) atoms. The summed E-state index contributed by atoms with van der Waals surface area (Å²) in [5.41, 5.74) is 7.58. The Kier molecular flexibility index (Phi) is 10.3. The van der Waals surface area contributed by atoms with E-state index in [0.717, 1.165) is 61.1 Å². The fraction of sp³-hybridized carbons (Fsp3) is 0.550. The van der Waals surface area contributed by atoms with E-state index in [4.69, 9.17) is 10.5 Å². The maximum absolute atomic E-state index is 5.55. The first-order valence-corrected chi connectivity index (χ1v) is 9.26. The smallest absolute Gasteiger partial charge is 0.121 e. The van der Waals surface area contributed by atoms with E-state index in [1.54, 1.807) is 7.11 Å². The second-order valence-corrected chi connectivity index (χ2v) is 6.72. The highest BCUT2D eigenvalue weighted by Gasteiger charge is 2.09. The first-order chi connectivity index (χ1) is 12.1. The highest BCUT2D eigenvalue weighted by Crippen LogP contribution is 2.28. The molecular weight excluding hydrogens is 348 g/mol. The SMILES string of the molecule is COc1cc(NC(C)CCCNC(C)CCCN)c2ncccc2c1.Cl. The monoisotopic (exact) mass is 380 g/mol. The molecule has 0 radical (unpaired) electrons. The van der Waals surface area contributed by atoms with Crippen molar-refractivity contribution in [1.29, 1.82) is 0 Å². The fourth-order valence-corrected chi connectivity index (χ4v) is 3.01. The van der Waals surface area contributed by atoms with Crippen molar-refractivity contribution in [2.24, 2.45) is 5.73 Å². The third kappa shape index (κ3) is 6.98. The molecule has 1 heterocycles. The predicted octanol–water partition coefficient (Wildman–Crippen LogP) is 3.96. The lowest BCUT2D eigenvalue weighted by Crippen LogP contribution is -2.28. The molecule has 0 bridgehead atoms. The van der Waals surface area contributed by atoms with Crippen molar-refractivity contribution in [2.45, 2.75) is 51.6 Å². The number of nitrogens with one attached hydrogen (secondary N) is 2. The summed E-state index contributed by atoms with van der Waals surface area (Å²) < 4.78 is 5.41. The highest BCUT2D eigenvalue weighted by molar-refractivity contribution is 5.91. The number of aromatic nitrogens is 1. The molecule has 146 valence electrons. The van der Waals surface area contributed by atoms with Gasteiger partial charge in [-0.25, -0.2) is 0 Å². The van der Waals surface area contributed by atoms with Crippen LogP contribution < -0.4 is 21.1 Å². The quantitative estimate of drug-likeness (QED) is 0.514. The summed E-state index contributed by atoms with van der Waals surface area (Å²) in [5, 5.41) is 8.25. The molecule has 0 aliphatic carbocycles. The van der Waals surface area contributed by atoms with Gasteiger partial charge in [-0.3, -0.25) is 4.98 Å². The van der Waals surface area contributed by atoms with Crippen LogP contribution in [-0.4, -0.2) is 37.3 Å². The molecule has 4 N–H and O–H groups in total. The van der Waals surface area contributed by atoms with E-state index in [-0.39, 0.29) is 12.4 Å². The second-order valence-electron chi connectivity index (χ2n) is 6.72. The van der Waals surface area contributed by atoms with Crippen molar-refractivity contribution in [1.82, 2.24) is 10.3 Å². The van der Waals surface area contributed by atoms with Crippen LogP contribution in [0.3, 0.4) is 0 Å². The molecule has 0 aliphatic heterocycles. The van der Waals surface area contributed by atoms with Gasteiger partial charge in [0.25, 0.3) is 0 Å². The number of rotatable bonds is 11. The van der Waals surface area contributed by atoms with E-state index in [1.807, 2.05) is 24.4 Å². The largest absolute Gasteiger partial charge is 0.497 e. The van der Waals surface area contributed by atoms with Crippen LogP contribution in [0.2, 0.25) is 0 Å². The molecule has 1 aromatic heterocycles. The number of hydrogen-bond acceptors (Lipinski definition) is 5. The van der Waals surface area contributed by atoms with Crippen molar-refractivity contribution in [3.8, 4) is 5.75 Å². The summed E-state index contributed by atoms with van der Waals surface area (Å²) in [7, 11) is 1.70. The standard InChI is InChI=1S/C20H32N4O.ClH/c1-15(7-4-10-21)22-11-5-8-16(2)24-19-14-18(25-3)13-17-9-6-12-23-20(17)19;/h6,9,12-16,22,24H,4-5,7-8,10-11,21H2,1-3H3;1H. The number of hydrogen-bond donors (Lipinski definition) is 3. The summed E-state index contributed by atoms with van der Waals surface area (Å²) in [6.07, 6.45) is 6.30. The fourth-order valence-electron chi connectivity index (χ4n) is 3.01. The number of anilines is 1. The molecule has 0 saturated carbocycles. The Labute approximate surface area is 163 Å². The molecule has 0 spiro atoms. The average Bonchev–Trinajstić information content (AvgIpc) is 2.63. The molecule has 0 amide bonds. The number of halogens is 1. The minimum atomic E-state index is 0. The van der Waals surface area contributed by atoms with Crippen molar-refractivity contribution in [3.05, 3.63) is 30.5 Å². The summed E-state index contributed by atoms with van der Waals surface area (Å²) in [5.74, 6) is 0.852. The number of benzene rings is 1. The van der Waals surface area contributed by atoms with Gasteiger partial charge in [0, 0.05) is 29.7 Å². The number of methoxy groups -OCH3 is 1. The van der Waals surface area contributed by atoms with E-state index in [0.29, 0.717) is 12.1 Å². The molecule has 0 aliphatic rings. The first-order valence-electron chi connectivity index (χ1n) is 9.26. The van der Waals surface area contributed by atoms with Gasteiger partial charge in [-0.05, 0) is 64.8 Å². The minimum absolute atomic E-state index is 0. The first kappa shape index (κ1) is 22.5. The molecule has 5 nitrogen and oxygen atoms in total. The molecule has 2 unspecified atom stereocenters.